The third kappa shape index (κ3) is 3.25. The molecule has 2 aliphatic rings. The highest BCUT2D eigenvalue weighted by molar-refractivity contribution is 5.92. The molecular weight excluding hydrogens is 340 g/mol. The molecule has 140 valence electrons. The number of likely N-dealkylation sites (tertiary alicyclic amines) is 1. The summed E-state index contributed by atoms with van der Waals surface area (Å²) in [5.74, 6) is 1.59. The van der Waals surface area contributed by atoms with Crippen LogP contribution in [-0.4, -0.2) is 40.1 Å². The van der Waals surface area contributed by atoms with E-state index in [1.807, 2.05) is 6.07 Å². The van der Waals surface area contributed by atoms with Crippen LogP contribution in [0.4, 0.5) is 0 Å². The monoisotopic (exact) mass is 364 g/mol. The summed E-state index contributed by atoms with van der Waals surface area (Å²) in [6, 6.07) is 10.3. The van der Waals surface area contributed by atoms with Gasteiger partial charge in [0.05, 0.1) is 0 Å². The average Bonchev–Trinajstić information content (AvgIpc) is 3.11. The number of aromatic nitrogens is 2. The van der Waals surface area contributed by atoms with Gasteiger partial charge < -0.3 is 14.8 Å². The van der Waals surface area contributed by atoms with Crippen molar-refractivity contribution in [2.24, 2.45) is 5.92 Å². The van der Waals surface area contributed by atoms with Gasteiger partial charge >= 0.3 is 0 Å². The van der Waals surface area contributed by atoms with E-state index in [1.165, 1.54) is 16.5 Å². The smallest absolute Gasteiger partial charge is 0.273 e. The van der Waals surface area contributed by atoms with Gasteiger partial charge in [0.25, 0.3) is 5.91 Å². The molecule has 1 amide bonds. The maximum absolute atomic E-state index is 12.5. The Morgan fingerprint density at radius 1 is 1.33 bits per heavy atom. The molecule has 1 aliphatic heterocycles. The van der Waals surface area contributed by atoms with Gasteiger partial charge in [0.2, 0.25) is 0 Å². The van der Waals surface area contributed by atoms with Gasteiger partial charge in [-0.25, -0.2) is 0 Å². The summed E-state index contributed by atoms with van der Waals surface area (Å²) in [4.78, 5) is 18.3. The standard InChI is InChI=1S/C21H24N4O2/c1-13-10-25(11-15-9-22-17-5-3-2-4-16(15)17)12-19(13)23-21(26)18-8-20(27-24-18)14-6-7-14/h2-5,8-9,13-14,19,22H,6-7,10-12H2,1H3,(H,23,26). The van der Waals surface area contributed by atoms with Gasteiger partial charge in [-0.1, -0.05) is 30.3 Å². The Labute approximate surface area is 157 Å². The molecule has 3 aromatic rings. The van der Waals surface area contributed by atoms with Gasteiger partial charge in [-0.15, -0.1) is 0 Å². The molecule has 2 fully saturated rings. The fourth-order valence-corrected chi connectivity index (χ4v) is 4.09. The van der Waals surface area contributed by atoms with Gasteiger partial charge in [-0.05, 0) is 30.4 Å². The molecule has 2 N–H and O–H groups in total. The molecule has 6 heteroatoms. The SMILES string of the molecule is CC1CN(Cc2c[nH]c3ccccc23)CC1NC(=O)c1cc(C2CC2)on1. The van der Waals surface area contributed by atoms with Crippen molar-refractivity contribution in [1.82, 2.24) is 20.4 Å². The molecule has 1 saturated carbocycles. The molecular formula is C21H24N4O2. The van der Waals surface area contributed by atoms with E-state index in [-0.39, 0.29) is 11.9 Å². The zero-order valence-electron chi connectivity index (χ0n) is 15.4. The van der Waals surface area contributed by atoms with E-state index in [0.29, 0.717) is 17.5 Å². The summed E-state index contributed by atoms with van der Waals surface area (Å²) in [5, 5.41) is 8.38. The van der Waals surface area contributed by atoms with Crippen LogP contribution in [0, 0.1) is 5.92 Å². The van der Waals surface area contributed by atoms with E-state index in [0.717, 1.165) is 38.2 Å². The minimum absolute atomic E-state index is 0.128. The van der Waals surface area contributed by atoms with Crippen molar-refractivity contribution in [2.75, 3.05) is 13.1 Å². The Hall–Kier alpha value is -2.60. The fourth-order valence-electron chi connectivity index (χ4n) is 4.09. The lowest BCUT2D eigenvalue weighted by molar-refractivity contribution is 0.0922. The minimum atomic E-state index is -0.128. The number of amides is 1. The number of carbonyl (C=O) groups excluding carboxylic acids is 1. The zero-order chi connectivity index (χ0) is 18.4. The van der Waals surface area contributed by atoms with Crippen LogP contribution in [0.15, 0.2) is 41.1 Å². The van der Waals surface area contributed by atoms with Crippen LogP contribution in [0.1, 0.15) is 47.5 Å². The quantitative estimate of drug-likeness (QED) is 0.729. The first-order valence-electron chi connectivity index (χ1n) is 9.72. The van der Waals surface area contributed by atoms with Crippen molar-refractivity contribution >= 4 is 16.8 Å². The lowest BCUT2D eigenvalue weighted by atomic mass is 10.1. The molecule has 1 aliphatic carbocycles. The normalized spacial score (nSPS) is 23.1. The summed E-state index contributed by atoms with van der Waals surface area (Å²) < 4.78 is 5.31. The van der Waals surface area contributed by atoms with E-state index in [9.17, 15) is 4.79 Å². The number of nitrogens with one attached hydrogen (secondary N) is 2. The second kappa shape index (κ2) is 6.53. The summed E-state index contributed by atoms with van der Waals surface area (Å²) >= 11 is 0. The highest BCUT2D eigenvalue weighted by Crippen LogP contribution is 2.40. The Morgan fingerprint density at radius 3 is 3.04 bits per heavy atom. The Kier molecular flexibility index (Phi) is 4.01. The third-order valence-electron chi connectivity index (χ3n) is 5.81. The molecule has 0 bridgehead atoms. The van der Waals surface area contributed by atoms with Crippen LogP contribution < -0.4 is 5.32 Å². The maximum Gasteiger partial charge on any atom is 0.273 e. The second-order valence-electron chi connectivity index (χ2n) is 8.00. The van der Waals surface area contributed by atoms with E-state index in [2.05, 4.69) is 51.7 Å². The summed E-state index contributed by atoms with van der Waals surface area (Å²) in [5.41, 5.74) is 2.87. The van der Waals surface area contributed by atoms with Crippen LogP contribution in [0.5, 0.6) is 0 Å². The molecule has 27 heavy (non-hydrogen) atoms. The zero-order valence-corrected chi connectivity index (χ0v) is 15.4. The highest BCUT2D eigenvalue weighted by Gasteiger charge is 2.33. The Balaban J connectivity index is 1.23. The first kappa shape index (κ1) is 16.6. The van der Waals surface area contributed by atoms with Gasteiger partial charge in [0.1, 0.15) is 5.76 Å². The molecule has 3 heterocycles. The summed E-state index contributed by atoms with van der Waals surface area (Å²) in [6.07, 6.45) is 4.37. The van der Waals surface area contributed by atoms with Crippen molar-refractivity contribution in [3.63, 3.8) is 0 Å². The maximum atomic E-state index is 12.5. The van der Waals surface area contributed by atoms with Crippen LogP contribution in [0.3, 0.4) is 0 Å². The first-order chi connectivity index (χ1) is 13.2. The third-order valence-corrected chi connectivity index (χ3v) is 5.81. The largest absolute Gasteiger partial charge is 0.361 e. The van der Waals surface area contributed by atoms with Crippen molar-refractivity contribution in [2.45, 2.75) is 38.3 Å². The first-order valence-corrected chi connectivity index (χ1v) is 9.72. The van der Waals surface area contributed by atoms with Gasteiger partial charge in [0, 0.05) is 54.8 Å². The molecule has 6 nitrogen and oxygen atoms in total. The van der Waals surface area contributed by atoms with Crippen molar-refractivity contribution in [1.29, 1.82) is 0 Å². The predicted octanol–water partition coefficient (Wildman–Crippen LogP) is 3.28. The molecule has 0 spiro atoms. The second-order valence-corrected chi connectivity index (χ2v) is 8.00. The Morgan fingerprint density at radius 2 is 2.19 bits per heavy atom. The number of aromatic amines is 1. The van der Waals surface area contributed by atoms with Crippen molar-refractivity contribution in [3.8, 4) is 0 Å². The predicted molar refractivity (Wildman–Crippen MR) is 102 cm³/mol. The van der Waals surface area contributed by atoms with E-state index >= 15 is 0 Å². The molecule has 2 aromatic heterocycles. The van der Waals surface area contributed by atoms with Gasteiger partial charge in [-0.3, -0.25) is 9.69 Å². The number of para-hydroxylation sites is 1. The van der Waals surface area contributed by atoms with Gasteiger partial charge in [-0.2, -0.15) is 0 Å². The molecule has 0 radical (unpaired) electrons. The molecule has 5 rings (SSSR count). The molecule has 2 unspecified atom stereocenters. The Bertz CT molecular complexity index is 971. The lowest BCUT2D eigenvalue weighted by Crippen LogP contribution is -2.39. The molecule has 1 saturated heterocycles. The van der Waals surface area contributed by atoms with E-state index < -0.39 is 0 Å². The number of nitrogens with zero attached hydrogens (tertiary/aromatic N) is 2. The highest BCUT2D eigenvalue weighted by atomic mass is 16.5. The number of fused-ring (bicyclic) bond motifs is 1. The van der Waals surface area contributed by atoms with Crippen molar-refractivity contribution in [3.05, 3.63) is 53.5 Å². The number of carbonyl (C=O) groups is 1. The molecule has 2 atom stereocenters. The van der Waals surface area contributed by atoms with E-state index in [1.54, 1.807) is 6.07 Å². The topological polar surface area (TPSA) is 74.2 Å². The molecule has 1 aromatic carbocycles. The summed E-state index contributed by atoms with van der Waals surface area (Å²) in [7, 11) is 0. The van der Waals surface area contributed by atoms with E-state index in [4.69, 9.17) is 4.52 Å². The van der Waals surface area contributed by atoms with Crippen LogP contribution >= 0.6 is 0 Å². The number of H-pyrrole nitrogens is 1. The van der Waals surface area contributed by atoms with Gasteiger partial charge in [0.15, 0.2) is 5.69 Å². The lowest BCUT2D eigenvalue weighted by Gasteiger charge is -2.16. The summed E-state index contributed by atoms with van der Waals surface area (Å²) in [6.45, 7) is 4.89. The fraction of sp³-hybridized carbons (Fsp3) is 0.429. The minimum Gasteiger partial charge on any atom is -0.361 e. The number of benzene rings is 1. The van der Waals surface area contributed by atoms with Crippen LogP contribution in [0.25, 0.3) is 10.9 Å². The van der Waals surface area contributed by atoms with Crippen LogP contribution in [-0.2, 0) is 6.54 Å². The van der Waals surface area contributed by atoms with Crippen LogP contribution in [0.2, 0.25) is 0 Å². The average molecular weight is 364 g/mol. The van der Waals surface area contributed by atoms with Crippen molar-refractivity contribution < 1.29 is 9.32 Å². The number of rotatable bonds is 5. The number of hydrogen-bond donors (Lipinski definition) is 2. The number of hydrogen-bond acceptors (Lipinski definition) is 4.